The summed E-state index contributed by atoms with van der Waals surface area (Å²) in [6, 6.07) is 7.10. The zero-order valence-corrected chi connectivity index (χ0v) is 15.6. The molecule has 2 aliphatic rings. The van der Waals surface area contributed by atoms with Crippen LogP contribution in [0.5, 0.6) is 5.75 Å². The summed E-state index contributed by atoms with van der Waals surface area (Å²) in [6.45, 7) is 3.50. The first-order chi connectivity index (χ1) is 13.0. The quantitative estimate of drug-likeness (QED) is 0.835. The Kier molecular flexibility index (Phi) is 4.91. The van der Waals surface area contributed by atoms with Crippen LogP contribution in [0.15, 0.2) is 33.5 Å². The van der Waals surface area contributed by atoms with Gasteiger partial charge in [0.2, 0.25) is 0 Å². The van der Waals surface area contributed by atoms with Crippen LogP contribution >= 0.6 is 0 Å². The number of aryl methyl sites for hydroxylation is 1. The summed E-state index contributed by atoms with van der Waals surface area (Å²) in [5, 5.41) is 0.897. The van der Waals surface area contributed by atoms with Crippen molar-refractivity contribution in [2.75, 3.05) is 19.7 Å². The molecule has 3 atom stereocenters. The molecule has 1 aromatic heterocycles. The van der Waals surface area contributed by atoms with Crippen molar-refractivity contribution in [1.29, 1.82) is 0 Å². The number of amides is 1. The van der Waals surface area contributed by atoms with Gasteiger partial charge in [-0.3, -0.25) is 4.79 Å². The van der Waals surface area contributed by atoms with Gasteiger partial charge in [-0.2, -0.15) is 0 Å². The Morgan fingerprint density at radius 3 is 2.93 bits per heavy atom. The second-order valence-electron chi connectivity index (χ2n) is 7.71. The lowest BCUT2D eigenvalue weighted by Crippen LogP contribution is -2.39. The van der Waals surface area contributed by atoms with Gasteiger partial charge in [0, 0.05) is 36.7 Å². The van der Waals surface area contributed by atoms with Gasteiger partial charge in [0.05, 0.1) is 0 Å². The second-order valence-corrected chi connectivity index (χ2v) is 7.71. The zero-order chi connectivity index (χ0) is 19.0. The molecule has 0 bridgehead atoms. The van der Waals surface area contributed by atoms with Gasteiger partial charge >= 0.3 is 5.63 Å². The molecular weight excluding hydrogens is 344 g/mol. The summed E-state index contributed by atoms with van der Waals surface area (Å²) in [5.41, 5.74) is 7.29. The van der Waals surface area contributed by atoms with Crippen molar-refractivity contribution in [3.63, 3.8) is 0 Å². The maximum atomic E-state index is 12.6. The van der Waals surface area contributed by atoms with Crippen LogP contribution in [-0.2, 0) is 11.2 Å². The molecule has 27 heavy (non-hydrogen) atoms. The molecule has 1 aromatic carbocycles. The van der Waals surface area contributed by atoms with Crippen molar-refractivity contribution in [1.82, 2.24) is 4.90 Å². The van der Waals surface area contributed by atoms with Gasteiger partial charge in [-0.05, 0) is 48.8 Å². The standard InChI is InChI=1S/C21H26N2O4/c1-2-13-8-21(25)27-19-9-15(6-7-16(13)19)26-12-20(24)23-10-14-4-3-5-18(22)17(14)11-23/h6-9,14,17-18H,2-5,10-12,22H2,1H3/t14-,17+,18-/m1/s1. The number of ether oxygens (including phenoxy) is 1. The molecule has 144 valence electrons. The molecule has 1 amide bonds. The molecular formula is C21H26N2O4. The van der Waals surface area contributed by atoms with Crippen molar-refractivity contribution in [2.45, 2.75) is 38.6 Å². The van der Waals surface area contributed by atoms with E-state index in [-0.39, 0.29) is 24.2 Å². The van der Waals surface area contributed by atoms with E-state index in [1.807, 2.05) is 24.0 Å². The van der Waals surface area contributed by atoms with Gasteiger partial charge in [-0.25, -0.2) is 4.79 Å². The molecule has 6 heteroatoms. The highest BCUT2D eigenvalue weighted by atomic mass is 16.5. The third kappa shape index (κ3) is 3.58. The predicted octanol–water partition coefficient (Wildman–Crippen LogP) is 2.32. The van der Waals surface area contributed by atoms with E-state index in [0.29, 0.717) is 23.2 Å². The monoisotopic (exact) mass is 370 g/mol. The fourth-order valence-electron chi connectivity index (χ4n) is 4.55. The van der Waals surface area contributed by atoms with E-state index < -0.39 is 0 Å². The number of nitrogens with zero attached hydrogens (tertiary/aromatic N) is 1. The summed E-state index contributed by atoms with van der Waals surface area (Å²) in [4.78, 5) is 26.1. The van der Waals surface area contributed by atoms with Gasteiger partial charge in [-0.15, -0.1) is 0 Å². The fourth-order valence-corrected chi connectivity index (χ4v) is 4.55. The lowest BCUT2D eigenvalue weighted by molar-refractivity contribution is -0.132. The van der Waals surface area contributed by atoms with E-state index in [4.69, 9.17) is 14.9 Å². The van der Waals surface area contributed by atoms with Crippen molar-refractivity contribution < 1.29 is 13.9 Å². The highest BCUT2D eigenvalue weighted by Crippen LogP contribution is 2.35. The second kappa shape index (κ2) is 7.35. The lowest BCUT2D eigenvalue weighted by atomic mass is 9.78. The smallest absolute Gasteiger partial charge is 0.336 e. The number of rotatable bonds is 4. The van der Waals surface area contributed by atoms with E-state index in [9.17, 15) is 9.59 Å². The Balaban J connectivity index is 1.43. The minimum Gasteiger partial charge on any atom is -0.484 e. The first-order valence-electron chi connectivity index (χ1n) is 9.78. The van der Waals surface area contributed by atoms with Crippen LogP contribution < -0.4 is 16.1 Å². The van der Waals surface area contributed by atoms with Gasteiger partial charge in [0.25, 0.3) is 5.91 Å². The van der Waals surface area contributed by atoms with Gasteiger partial charge in [-0.1, -0.05) is 13.3 Å². The largest absolute Gasteiger partial charge is 0.484 e. The molecule has 1 saturated heterocycles. The van der Waals surface area contributed by atoms with Crippen LogP contribution in [0.3, 0.4) is 0 Å². The van der Waals surface area contributed by atoms with Crippen molar-refractivity contribution in [3.8, 4) is 5.75 Å². The average molecular weight is 370 g/mol. The van der Waals surface area contributed by atoms with Crippen molar-refractivity contribution in [3.05, 3.63) is 40.2 Å². The number of hydrogen-bond acceptors (Lipinski definition) is 5. The topological polar surface area (TPSA) is 85.8 Å². The molecule has 4 rings (SSSR count). The number of benzene rings is 1. The van der Waals surface area contributed by atoms with Crippen LogP contribution in [0.2, 0.25) is 0 Å². The highest BCUT2D eigenvalue weighted by molar-refractivity contribution is 5.82. The minimum atomic E-state index is -0.372. The molecule has 0 radical (unpaired) electrons. The van der Waals surface area contributed by atoms with Gasteiger partial charge in [0.15, 0.2) is 6.61 Å². The molecule has 0 spiro atoms. The summed E-state index contributed by atoms with van der Waals surface area (Å²) >= 11 is 0. The van der Waals surface area contributed by atoms with Crippen LogP contribution in [-0.4, -0.2) is 36.5 Å². The molecule has 6 nitrogen and oxygen atoms in total. The number of hydrogen-bond donors (Lipinski definition) is 1. The van der Waals surface area contributed by atoms with Crippen LogP contribution in [0.1, 0.15) is 31.7 Å². The third-order valence-electron chi connectivity index (χ3n) is 6.05. The number of carbonyl (C=O) groups is 1. The maximum absolute atomic E-state index is 12.6. The first kappa shape index (κ1) is 18.0. The first-order valence-corrected chi connectivity index (χ1v) is 9.78. The van der Waals surface area contributed by atoms with E-state index in [1.54, 1.807) is 6.07 Å². The molecule has 2 fully saturated rings. The third-order valence-corrected chi connectivity index (χ3v) is 6.05. The Morgan fingerprint density at radius 2 is 2.15 bits per heavy atom. The lowest BCUT2D eigenvalue weighted by Gasteiger charge is -2.29. The summed E-state index contributed by atoms with van der Waals surface area (Å²) in [7, 11) is 0. The number of fused-ring (bicyclic) bond motifs is 2. The number of carbonyl (C=O) groups excluding carboxylic acids is 1. The summed E-state index contributed by atoms with van der Waals surface area (Å²) in [6.07, 6.45) is 4.12. The molecule has 1 saturated carbocycles. The van der Waals surface area contributed by atoms with Crippen LogP contribution in [0, 0.1) is 11.8 Å². The van der Waals surface area contributed by atoms with Crippen molar-refractivity contribution in [2.24, 2.45) is 17.6 Å². The van der Waals surface area contributed by atoms with Crippen LogP contribution in [0.25, 0.3) is 11.0 Å². The Labute approximate surface area is 158 Å². The molecule has 2 aromatic rings. The molecule has 1 aliphatic heterocycles. The van der Waals surface area contributed by atoms with Gasteiger partial charge < -0.3 is 19.8 Å². The molecule has 2 heterocycles. The Bertz CT molecular complexity index is 907. The van der Waals surface area contributed by atoms with E-state index in [2.05, 4.69) is 0 Å². The highest BCUT2D eigenvalue weighted by Gasteiger charge is 2.40. The molecule has 0 unspecified atom stereocenters. The zero-order valence-electron chi connectivity index (χ0n) is 15.6. The maximum Gasteiger partial charge on any atom is 0.336 e. The number of nitrogens with two attached hydrogens (primary N) is 1. The molecule has 2 N–H and O–H groups in total. The molecule has 1 aliphatic carbocycles. The summed E-state index contributed by atoms with van der Waals surface area (Å²) in [5.74, 6) is 1.46. The predicted molar refractivity (Wildman–Crippen MR) is 103 cm³/mol. The van der Waals surface area contributed by atoms with Crippen molar-refractivity contribution >= 4 is 16.9 Å². The average Bonchev–Trinajstić information content (AvgIpc) is 3.11. The van der Waals surface area contributed by atoms with E-state index in [0.717, 1.165) is 49.7 Å². The van der Waals surface area contributed by atoms with E-state index in [1.165, 1.54) is 6.07 Å². The van der Waals surface area contributed by atoms with Crippen LogP contribution in [0.4, 0.5) is 0 Å². The minimum absolute atomic E-state index is 0.0135. The SMILES string of the molecule is CCc1cc(=O)oc2cc(OCC(=O)N3C[C@H]4CCC[C@@H](N)[C@H]4C3)ccc12. The van der Waals surface area contributed by atoms with E-state index >= 15 is 0 Å². The normalized spacial score (nSPS) is 24.8. The Morgan fingerprint density at radius 1 is 1.30 bits per heavy atom. The Hall–Kier alpha value is -2.34. The summed E-state index contributed by atoms with van der Waals surface area (Å²) < 4.78 is 11.0. The number of likely N-dealkylation sites (tertiary alicyclic amines) is 1. The van der Waals surface area contributed by atoms with Gasteiger partial charge in [0.1, 0.15) is 11.3 Å². The fraction of sp³-hybridized carbons (Fsp3) is 0.524.